The van der Waals surface area contributed by atoms with Gasteiger partial charge < -0.3 is 5.73 Å². The molecule has 0 amide bonds. The molecule has 0 radical (unpaired) electrons. The number of aryl methyl sites for hydroxylation is 2. The van der Waals surface area contributed by atoms with Crippen LogP contribution >= 0.6 is 12.2 Å². The minimum absolute atomic E-state index is 0.162. The average molecular weight is 320 g/mol. The van der Waals surface area contributed by atoms with E-state index in [0.717, 1.165) is 11.1 Å². The lowest BCUT2D eigenvalue weighted by Crippen LogP contribution is -2.19. The van der Waals surface area contributed by atoms with Crippen molar-refractivity contribution in [1.82, 2.24) is 0 Å². The number of thiocarbonyl (C=S) groups is 1. The highest BCUT2D eigenvalue weighted by molar-refractivity contribution is 7.92. The van der Waals surface area contributed by atoms with E-state index in [-0.39, 0.29) is 9.88 Å². The van der Waals surface area contributed by atoms with Crippen LogP contribution in [0.25, 0.3) is 0 Å². The number of benzene rings is 2. The van der Waals surface area contributed by atoms with Crippen molar-refractivity contribution in [3.8, 4) is 0 Å². The van der Waals surface area contributed by atoms with E-state index in [4.69, 9.17) is 18.0 Å². The van der Waals surface area contributed by atoms with Gasteiger partial charge in [-0.05, 0) is 43.2 Å². The van der Waals surface area contributed by atoms with Crippen LogP contribution in [0, 0.1) is 13.8 Å². The zero-order chi connectivity index (χ0) is 15.6. The van der Waals surface area contributed by atoms with Crippen LogP contribution in [0.5, 0.6) is 0 Å². The third kappa shape index (κ3) is 3.40. The highest BCUT2D eigenvalue weighted by Crippen LogP contribution is 2.23. The summed E-state index contributed by atoms with van der Waals surface area (Å²) in [5.74, 6) is 0. The molecule has 3 N–H and O–H groups in total. The van der Waals surface area contributed by atoms with Gasteiger partial charge in [0.15, 0.2) is 0 Å². The lowest BCUT2D eigenvalue weighted by atomic mass is 10.1. The first-order chi connectivity index (χ1) is 9.81. The Labute approximate surface area is 130 Å². The SMILES string of the molecule is Cc1cccc(S(=O)(=O)Nc2cccc(C)c2C(N)=S)c1. The quantitative estimate of drug-likeness (QED) is 0.850. The molecule has 2 aromatic rings. The Morgan fingerprint density at radius 3 is 2.43 bits per heavy atom. The van der Waals surface area contributed by atoms with Crippen LogP contribution in [0.3, 0.4) is 0 Å². The normalized spacial score (nSPS) is 11.1. The summed E-state index contributed by atoms with van der Waals surface area (Å²) in [6, 6.07) is 11.9. The summed E-state index contributed by atoms with van der Waals surface area (Å²) in [4.78, 5) is 0.368. The second-order valence-corrected chi connectivity index (χ2v) is 6.91. The molecule has 0 aromatic heterocycles. The molecule has 0 saturated carbocycles. The largest absolute Gasteiger partial charge is 0.389 e. The molecule has 0 spiro atoms. The summed E-state index contributed by atoms with van der Waals surface area (Å²) in [5.41, 5.74) is 8.33. The molecule has 6 heteroatoms. The molecule has 21 heavy (non-hydrogen) atoms. The Kier molecular flexibility index (Phi) is 4.29. The first kappa shape index (κ1) is 15.5. The average Bonchev–Trinajstić information content (AvgIpc) is 2.37. The van der Waals surface area contributed by atoms with Gasteiger partial charge in [-0.2, -0.15) is 0 Å². The number of nitrogens with two attached hydrogens (primary N) is 1. The van der Waals surface area contributed by atoms with Crippen molar-refractivity contribution in [1.29, 1.82) is 0 Å². The summed E-state index contributed by atoms with van der Waals surface area (Å²) in [6.07, 6.45) is 0. The zero-order valence-corrected chi connectivity index (χ0v) is 13.4. The summed E-state index contributed by atoms with van der Waals surface area (Å²) in [5, 5.41) is 0. The van der Waals surface area contributed by atoms with Crippen molar-refractivity contribution in [3.63, 3.8) is 0 Å². The molecule has 0 unspecified atom stereocenters. The molecule has 2 aromatic carbocycles. The van der Waals surface area contributed by atoms with Crippen molar-refractivity contribution in [3.05, 3.63) is 59.2 Å². The van der Waals surface area contributed by atoms with E-state index in [1.807, 2.05) is 26.0 Å². The number of hydrogen-bond acceptors (Lipinski definition) is 3. The summed E-state index contributed by atoms with van der Waals surface area (Å²) in [7, 11) is -3.67. The fourth-order valence-electron chi connectivity index (χ4n) is 2.07. The molecule has 0 aliphatic carbocycles. The van der Waals surface area contributed by atoms with Crippen molar-refractivity contribution in [2.75, 3.05) is 4.72 Å². The second kappa shape index (κ2) is 5.83. The third-order valence-corrected chi connectivity index (χ3v) is 4.63. The third-order valence-electron chi connectivity index (χ3n) is 3.06. The zero-order valence-electron chi connectivity index (χ0n) is 11.8. The predicted molar refractivity (Wildman–Crippen MR) is 89.1 cm³/mol. The molecule has 0 aliphatic heterocycles. The van der Waals surface area contributed by atoms with Gasteiger partial charge >= 0.3 is 0 Å². The monoisotopic (exact) mass is 320 g/mol. The number of sulfonamides is 1. The predicted octanol–water partition coefficient (Wildman–Crippen LogP) is 2.74. The van der Waals surface area contributed by atoms with E-state index in [0.29, 0.717) is 11.3 Å². The molecule has 4 nitrogen and oxygen atoms in total. The second-order valence-electron chi connectivity index (χ2n) is 4.78. The molecular formula is C15H16N2O2S2. The van der Waals surface area contributed by atoms with Gasteiger partial charge in [0.05, 0.1) is 10.6 Å². The van der Waals surface area contributed by atoms with Crippen molar-refractivity contribution >= 4 is 32.9 Å². The molecule has 0 fully saturated rings. The minimum atomic E-state index is -3.67. The van der Waals surface area contributed by atoms with E-state index < -0.39 is 10.0 Å². The summed E-state index contributed by atoms with van der Waals surface area (Å²) in [6.45, 7) is 3.67. The fraction of sp³-hybridized carbons (Fsp3) is 0.133. The van der Waals surface area contributed by atoms with E-state index in [2.05, 4.69) is 4.72 Å². The first-order valence-corrected chi connectivity index (χ1v) is 8.19. The van der Waals surface area contributed by atoms with Crippen LogP contribution in [0.1, 0.15) is 16.7 Å². The van der Waals surface area contributed by atoms with Gasteiger partial charge in [0.1, 0.15) is 4.99 Å². The van der Waals surface area contributed by atoms with Gasteiger partial charge in [0.2, 0.25) is 0 Å². The molecule has 0 atom stereocenters. The van der Waals surface area contributed by atoms with Crippen molar-refractivity contribution in [2.24, 2.45) is 5.73 Å². The van der Waals surface area contributed by atoms with E-state index in [9.17, 15) is 8.42 Å². The van der Waals surface area contributed by atoms with Gasteiger partial charge in [-0.25, -0.2) is 8.42 Å². The Balaban J connectivity index is 2.47. The van der Waals surface area contributed by atoms with Crippen LogP contribution in [0.2, 0.25) is 0 Å². The van der Waals surface area contributed by atoms with Gasteiger partial charge in [-0.15, -0.1) is 0 Å². The smallest absolute Gasteiger partial charge is 0.261 e. The van der Waals surface area contributed by atoms with Gasteiger partial charge in [-0.3, -0.25) is 4.72 Å². The highest BCUT2D eigenvalue weighted by atomic mass is 32.2. The Bertz CT molecular complexity index is 799. The van der Waals surface area contributed by atoms with Crippen LogP contribution in [-0.2, 0) is 10.0 Å². The maximum Gasteiger partial charge on any atom is 0.261 e. The van der Waals surface area contributed by atoms with Gasteiger partial charge in [-0.1, -0.05) is 36.5 Å². The molecular weight excluding hydrogens is 304 g/mol. The Hall–Kier alpha value is -1.92. The molecule has 110 valence electrons. The lowest BCUT2D eigenvalue weighted by molar-refractivity contribution is 0.601. The molecule has 0 aliphatic rings. The fourth-order valence-corrected chi connectivity index (χ4v) is 3.51. The van der Waals surface area contributed by atoms with E-state index in [1.165, 1.54) is 0 Å². The maximum atomic E-state index is 12.4. The van der Waals surface area contributed by atoms with Crippen LogP contribution in [0.4, 0.5) is 5.69 Å². The Morgan fingerprint density at radius 2 is 1.81 bits per heavy atom. The van der Waals surface area contributed by atoms with Crippen molar-refractivity contribution in [2.45, 2.75) is 18.7 Å². The molecule has 0 saturated heterocycles. The first-order valence-electron chi connectivity index (χ1n) is 6.30. The summed E-state index contributed by atoms with van der Waals surface area (Å²) < 4.78 is 27.4. The molecule has 0 bridgehead atoms. The van der Waals surface area contributed by atoms with Crippen LogP contribution < -0.4 is 10.5 Å². The van der Waals surface area contributed by atoms with Crippen molar-refractivity contribution < 1.29 is 8.42 Å². The molecule has 2 rings (SSSR count). The molecule has 0 heterocycles. The highest BCUT2D eigenvalue weighted by Gasteiger charge is 2.17. The topological polar surface area (TPSA) is 72.2 Å². The van der Waals surface area contributed by atoms with Crippen LogP contribution in [-0.4, -0.2) is 13.4 Å². The number of rotatable bonds is 4. The lowest BCUT2D eigenvalue weighted by Gasteiger charge is -2.14. The van der Waals surface area contributed by atoms with Gasteiger partial charge in [0, 0.05) is 5.56 Å². The maximum absolute atomic E-state index is 12.4. The number of hydrogen-bond donors (Lipinski definition) is 2. The van der Waals surface area contributed by atoms with E-state index >= 15 is 0 Å². The van der Waals surface area contributed by atoms with Crippen LogP contribution in [0.15, 0.2) is 47.4 Å². The van der Waals surface area contributed by atoms with E-state index in [1.54, 1.807) is 30.3 Å². The Morgan fingerprint density at radius 1 is 1.14 bits per heavy atom. The number of anilines is 1. The minimum Gasteiger partial charge on any atom is -0.389 e. The summed E-state index contributed by atoms with van der Waals surface area (Å²) >= 11 is 5.01. The standard InChI is InChI=1S/C15H16N2O2S2/c1-10-5-3-7-12(9-10)21(18,19)17-13-8-4-6-11(2)14(13)15(16)20/h3-9,17H,1-2H3,(H2,16,20). The number of nitrogens with one attached hydrogen (secondary N) is 1. The van der Waals surface area contributed by atoms with Gasteiger partial charge in [0.25, 0.3) is 10.0 Å².